The van der Waals surface area contributed by atoms with Crippen LogP contribution in [-0.2, 0) is 9.59 Å². The second kappa shape index (κ2) is 10.6. The SMILES string of the molecule is CCCCC(CC)CC(=O)C1C2CC(C1C(=O)CC(CC)CCCC)C1C3C=CC(C3)C21. The molecular formula is C30H48O2. The Bertz CT molecular complexity index is 637. The maximum atomic E-state index is 13.8. The number of hydrogen-bond acceptors (Lipinski definition) is 2. The summed E-state index contributed by atoms with van der Waals surface area (Å²) in [5, 5.41) is 0. The highest BCUT2D eigenvalue weighted by molar-refractivity contribution is 5.91. The number of allylic oxidation sites excluding steroid dienone is 2. The second-order valence-electron chi connectivity index (χ2n) is 11.9. The molecular weight excluding hydrogens is 392 g/mol. The summed E-state index contributed by atoms with van der Waals surface area (Å²) in [4.78, 5) is 27.7. The van der Waals surface area contributed by atoms with Gasteiger partial charge in [-0.3, -0.25) is 9.59 Å². The van der Waals surface area contributed by atoms with Gasteiger partial charge >= 0.3 is 0 Å². The first-order chi connectivity index (χ1) is 15.5. The van der Waals surface area contributed by atoms with Gasteiger partial charge in [0.05, 0.1) is 0 Å². The van der Waals surface area contributed by atoms with Crippen LogP contribution in [-0.4, -0.2) is 11.6 Å². The second-order valence-corrected chi connectivity index (χ2v) is 11.9. The first-order valence-electron chi connectivity index (χ1n) is 14.3. The number of ketones is 2. The van der Waals surface area contributed by atoms with Crippen LogP contribution in [0.5, 0.6) is 0 Å². The van der Waals surface area contributed by atoms with E-state index in [4.69, 9.17) is 0 Å². The van der Waals surface area contributed by atoms with Gasteiger partial charge in [0.25, 0.3) is 0 Å². The standard InChI is InChI=1S/C30H48O2/c1-5-9-11-19(7-3)15-25(31)29-23-18-24(28-22-14-13-21(17-22)27(23)28)30(29)26(32)16-20(8-4)12-10-6-2/h13-14,19-24,27-30H,5-12,15-18H2,1-4H3. The number of hydrogen-bond donors (Lipinski definition) is 0. The molecule has 0 heterocycles. The molecule has 3 saturated carbocycles. The lowest BCUT2D eigenvalue weighted by atomic mass is 9.61. The highest BCUT2D eigenvalue weighted by atomic mass is 16.1. The van der Waals surface area contributed by atoms with Crippen molar-refractivity contribution in [3.05, 3.63) is 12.2 Å². The number of unbranched alkanes of at least 4 members (excludes halogenated alkanes) is 2. The van der Waals surface area contributed by atoms with Gasteiger partial charge in [-0.25, -0.2) is 0 Å². The molecule has 10 unspecified atom stereocenters. The van der Waals surface area contributed by atoms with Gasteiger partial charge in [-0.15, -0.1) is 0 Å². The molecule has 4 bridgehead atoms. The summed E-state index contributed by atoms with van der Waals surface area (Å²) in [7, 11) is 0. The van der Waals surface area contributed by atoms with E-state index < -0.39 is 0 Å². The highest BCUT2D eigenvalue weighted by Gasteiger charge is 2.66. The van der Waals surface area contributed by atoms with Gasteiger partial charge in [-0.1, -0.05) is 91.2 Å². The molecule has 2 heteroatoms. The van der Waals surface area contributed by atoms with Crippen LogP contribution in [0.15, 0.2) is 12.2 Å². The van der Waals surface area contributed by atoms with Crippen molar-refractivity contribution in [1.82, 2.24) is 0 Å². The van der Waals surface area contributed by atoms with Crippen LogP contribution < -0.4 is 0 Å². The fourth-order valence-corrected chi connectivity index (χ4v) is 8.64. The summed E-state index contributed by atoms with van der Waals surface area (Å²) >= 11 is 0. The van der Waals surface area contributed by atoms with E-state index in [1.165, 1.54) is 44.9 Å². The molecule has 4 rings (SSSR count). The zero-order valence-corrected chi connectivity index (χ0v) is 21.2. The summed E-state index contributed by atoms with van der Waals surface area (Å²) < 4.78 is 0. The molecule has 32 heavy (non-hydrogen) atoms. The van der Waals surface area contributed by atoms with Crippen molar-refractivity contribution in [2.45, 2.75) is 105 Å². The molecule has 4 aliphatic rings. The number of rotatable bonds is 14. The third-order valence-electron chi connectivity index (χ3n) is 10.2. The van der Waals surface area contributed by atoms with Gasteiger partial charge in [0, 0.05) is 24.7 Å². The highest BCUT2D eigenvalue weighted by Crippen LogP contribution is 2.69. The van der Waals surface area contributed by atoms with Gasteiger partial charge < -0.3 is 0 Å². The largest absolute Gasteiger partial charge is 0.299 e. The molecule has 0 radical (unpaired) electrons. The average molecular weight is 441 g/mol. The minimum absolute atomic E-state index is 0.0425. The van der Waals surface area contributed by atoms with Gasteiger partial charge in [0.1, 0.15) is 11.6 Å². The summed E-state index contributed by atoms with van der Waals surface area (Å²) in [6.07, 6.45) is 18.2. The van der Waals surface area contributed by atoms with Crippen LogP contribution in [0.2, 0.25) is 0 Å². The molecule has 0 spiro atoms. The van der Waals surface area contributed by atoms with Crippen LogP contribution in [0.1, 0.15) is 105 Å². The van der Waals surface area contributed by atoms with Crippen molar-refractivity contribution in [2.75, 3.05) is 0 Å². The maximum Gasteiger partial charge on any atom is 0.137 e. The Labute approximate surface area is 197 Å². The summed E-state index contributed by atoms with van der Waals surface area (Å²) in [6.45, 7) is 8.97. The molecule has 0 saturated heterocycles. The predicted octanol–water partition coefficient (Wildman–Crippen LogP) is 7.66. The summed E-state index contributed by atoms with van der Waals surface area (Å²) in [6, 6.07) is 0. The zero-order valence-electron chi connectivity index (χ0n) is 21.2. The first kappa shape index (κ1) is 24.2. The van der Waals surface area contributed by atoms with E-state index in [0.717, 1.165) is 32.1 Å². The zero-order chi connectivity index (χ0) is 22.8. The molecule has 3 fully saturated rings. The van der Waals surface area contributed by atoms with Crippen molar-refractivity contribution in [1.29, 1.82) is 0 Å². The van der Waals surface area contributed by atoms with E-state index in [-0.39, 0.29) is 11.8 Å². The van der Waals surface area contributed by atoms with Crippen LogP contribution in [0, 0.1) is 59.2 Å². The molecule has 0 aliphatic heterocycles. The van der Waals surface area contributed by atoms with Crippen molar-refractivity contribution in [3.63, 3.8) is 0 Å². The Balaban J connectivity index is 1.53. The number of Topliss-reactive ketones (excluding diaryl/α,β-unsaturated/α-hetero) is 2. The molecule has 0 aromatic carbocycles. The van der Waals surface area contributed by atoms with E-state index in [2.05, 4.69) is 39.8 Å². The average Bonchev–Trinajstić information content (AvgIpc) is 3.57. The van der Waals surface area contributed by atoms with Crippen LogP contribution in [0.4, 0.5) is 0 Å². The van der Waals surface area contributed by atoms with Crippen LogP contribution in [0.25, 0.3) is 0 Å². The molecule has 4 aliphatic carbocycles. The quantitative estimate of drug-likeness (QED) is 0.205. The number of carbonyl (C=O) groups excluding carboxylic acids is 2. The number of fused-ring (bicyclic) bond motifs is 9. The topological polar surface area (TPSA) is 34.1 Å². The van der Waals surface area contributed by atoms with E-state index in [0.29, 0.717) is 58.9 Å². The van der Waals surface area contributed by atoms with Crippen molar-refractivity contribution in [2.24, 2.45) is 59.2 Å². The number of carbonyl (C=O) groups is 2. The Morgan fingerprint density at radius 1 is 0.719 bits per heavy atom. The molecule has 0 N–H and O–H groups in total. The van der Waals surface area contributed by atoms with Crippen molar-refractivity contribution < 1.29 is 9.59 Å². The molecule has 2 nitrogen and oxygen atoms in total. The Hall–Kier alpha value is -0.920. The lowest BCUT2D eigenvalue weighted by Crippen LogP contribution is -2.44. The third kappa shape index (κ3) is 4.41. The molecule has 180 valence electrons. The maximum absolute atomic E-state index is 13.8. The third-order valence-corrected chi connectivity index (χ3v) is 10.2. The lowest BCUT2D eigenvalue weighted by Gasteiger charge is -2.41. The normalized spacial score (nSPS) is 38.2. The monoisotopic (exact) mass is 440 g/mol. The van der Waals surface area contributed by atoms with E-state index in [1.807, 2.05) is 0 Å². The van der Waals surface area contributed by atoms with Crippen LogP contribution >= 0.6 is 0 Å². The minimum atomic E-state index is 0.0425. The molecule has 10 atom stereocenters. The van der Waals surface area contributed by atoms with Gasteiger partial charge in [0.2, 0.25) is 0 Å². The van der Waals surface area contributed by atoms with Crippen LogP contribution in [0.3, 0.4) is 0 Å². The minimum Gasteiger partial charge on any atom is -0.299 e. The lowest BCUT2D eigenvalue weighted by molar-refractivity contribution is -0.138. The predicted molar refractivity (Wildman–Crippen MR) is 132 cm³/mol. The Morgan fingerprint density at radius 2 is 1.16 bits per heavy atom. The summed E-state index contributed by atoms with van der Waals surface area (Å²) in [5.41, 5.74) is 0. The molecule has 0 aromatic rings. The van der Waals surface area contributed by atoms with Gasteiger partial charge in [-0.05, 0) is 60.2 Å². The fraction of sp³-hybridized carbons (Fsp3) is 0.867. The molecule has 0 amide bonds. The van der Waals surface area contributed by atoms with Gasteiger partial charge in [0.15, 0.2) is 0 Å². The Kier molecular flexibility index (Phi) is 7.99. The van der Waals surface area contributed by atoms with Crippen molar-refractivity contribution >= 4 is 11.6 Å². The first-order valence-corrected chi connectivity index (χ1v) is 14.3. The van der Waals surface area contributed by atoms with E-state index >= 15 is 0 Å². The summed E-state index contributed by atoms with van der Waals surface area (Å²) in [5.74, 6) is 5.82. The van der Waals surface area contributed by atoms with E-state index in [1.54, 1.807) is 0 Å². The van der Waals surface area contributed by atoms with Gasteiger partial charge in [-0.2, -0.15) is 0 Å². The molecule has 0 aromatic heterocycles. The smallest absolute Gasteiger partial charge is 0.137 e. The fourth-order valence-electron chi connectivity index (χ4n) is 8.64. The van der Waals surface area contributed by atoms with Crippen molar-refractivity contribution in [3.8, 4) is 0 Å². The Morgan fingerprint density at radius 3 is 1.53 bits per heavy atom. The van der Waals surface area contributed by atoms with E-state index in [9.17, 15) is 9.59 Å².